The van der Waals surface area contributed by atoms with E-state index in [2.05, 4.69) is 15.2 Å². The zero-order valence-corrected chi connectivity index (χ0v) is 18.6. The fourth-order valence-corrected chi connectivity index (χ4v) is 4.16. The van der Waals surface area contributed by atoms with Gasteiger partial charge < -0.3 is 9.15 Å². The zero-order chi connectivity index (χ0) is 23.7. The Morgan fingerprint density at radius 3 is 2.56 bits per heavy atom. The number of rotatable bonds is 6. The molecule has 0 amide bonds. The van der Waals surface area contributed by atoms with Gasteiger partial charge in [0, 0.05) is 17.5 Å². The molecule has 10 heteroatoms. The summed E-state index contributed by atoms with van der Waals surface area (Å²) in [6, 6.07) is 16.5. The second kappa shape index (κ2) is 8.86. The SMILES string of the molecule is COc1ccc(-c2cnc3ccc(-c4nnc(SCc5cccc(C(F)(F)F)c5)o4)cn23)cc1. The molecule has 0 aliphatic heterocycles. The molecule has 34 heavy (non-hydrogen) atoms. The summed E-state index contributed by atoms with van der Waals surface area (Å²) in [4.78, 5) is 4.45. The Morgan fingerprint density at radius 1 is 1.00 bits per heavy atom. The third-order valence-electron chi connectivity index (χ3n) is 5.16. The molecule has 0 aliphatic rings. The van der Waals surface area contributed by atoms with Gasteiger partial charge in [0.2, 0.25) is 5.89 Å². The van der Waals surface area contributed by atoms with Crippen molar-refractivity contribution in [1.82, 2.24) is 19.6 Å². The highest BCUT2D eigenvalue weighted by atomic mass is 32.2. The van der Waals surface area contributed by atoms with Crippen LogP contribution >= 0.6 is 11.8 Å². The van der Waals surface area contributed by atoms with Gasteiger partial charge in [-0.1, -0.05) is 30.0 Å². The molecule has 0 saturated carbocycles. The lowest BCUT2D eigenvalue weighted by Crippen LogP contribution is -2.04. The van der Waals surface area contributed by atoms with Gasteiger partial charge in [-0.2, -0.15) is 13.2 Å². The van der Waals surface area contributed by atoms with Crippen LogP contribution < -0.4 is 4.74 Å². The van der Waals surface area contributed by atoms with Crippen molar-refractivity contribution in [3.8, 4) is 28.5 Å². The van der Waals surface area contributed by atoms with Gasteiger partial charge >= 0.3 is 6.18 Å². The van der Waals surface area contributed by atoms with Crippen molar-refractivity contribution in [3.63, 3.8) is 0 Å². The Labute approximate surface area is 196 Å². The van der Waals surface area contributed by atoms with Gasteiger partial charge in [-0.3, -0.25) is 4.40 Å². The molecule has 0 radical (unpaired) electrons. The van der Waals surface area contributed by atoms with Crippen LogP contribution in [0.4, 0.5) is 13.2 Å². The first-order valence-corrected chi connectivity index (χ1v) is 11.1. The quantitative estimate of drug-likeness (QED) is 0.262. The molecule has 0 unspecified atom stereocenters. The molecular weight excluding hydrogens is 465 g/mol. The van der Waals surface area contributed by atoms with Crippen molar-refractivity contribution in [2.24, 2.45) is 0 Å². The first kappa shape index (κ1) is 22.0. The van der Waals surface area contributed by atoms with Gasteiger partial charge in [0.25, 0.3) is 5.22 Å². The number of ether oxygens (including phenoxy) is 1. The summed E-state index contributed by atoms with van der Waals surface area (Å²) >= 11 is 1.18. The van der Waals surface area contributed by atoms with Crippen molar-refractivity contribution in [1.29, 1.82) is 0 Å². The molecule has 3 aromatic heterocycles. The fourth-order valence-electron chi connectivity index (χ4n) is 3.45. The maximum absolute atomic E-state index is 12.9. The van der Waals surface area contributed by atoms with Crippen LogP contribution in [0.3, 0.4) is 0 Å². The number of fused-ring (bicyclic) bond motifs is 1. The number of imidazole rings is 1. The molecule has 2 aromatic carbocycles. The van der Waals surface area contributed by atoms with Crippen LogP contribution in [0.2, 0.25) is 0 Å². The summed E-state index contributed by atoms with van der Waals surface area (Å²) in [5.74, 6) is 1.34. The number of nitrogens with zero attached hydrogens (tertiary/aromatic N) is 4. The lowest BCUT2D eigenvalue weighted by molar-refractivity contribution is -0.137. The van der Waals surface area contributed by atoms with Crippen LogP contribution in [-0.4, -0.2) is 26.7 Å². The van der Waals surface area contributed by atoms with Gasteiger partial charge in [0.05, 0.1) is 30.1 Å². The Balaban J connectivity index is 1.36. The number of hydrogen-bond donors (Lipinski definition) is 0. The van der Waals surface area contributed by atoms with Crippen LogP contribution in [0.25, 0.3) is 28.4 Å². The lowest BCUT2D eigenvalue weighted by atomic mass is 10.1. The van der Waals surface area contributed by atoms with E-state index < -0.39 is 11.7 Å². The maximum atomic E-state index is 12.9. The van der Waals surface area contributed by atoms with E-state index in [9.17, 15) is 13.2 Å². The molecule has 0 aliphatic carbocycles. The number of methoxy groups -OCH3 is 1. The topological polar surface area (TPSA) is 65.5 Å². The summed E-state index contributed by atoms with van der Waals surface area (Å²) in [6.07, 6.45) is -0.739. The molecule has 0 N–H and O–H groups in total. The highest BCUT2D eigenvalue weighted by molar-refractivity contribution is 7.98. The molecule has 0 spiro atoms. The number of benzene rings is 2. The van der Waals surface area contributed by atoms with Crippen molar-refractivity contribution >= 4 is 17.4 Å². The number of pyridine rings is 1. The molecule has 0 atom stereocenters. The zero-order valence-electron chi connectivity index (χ0n) is 17.8. The number of alkyl halides is 3. The van der Waals surface area contributed by atoms with Crippen LogP contribution in [0.5, 0.6) is 5.75 Å². The standard InChI is InChI=1S/C24H17F3N4O2S/c1-32-19-8-5-16(6-9-19)20-12-28-21-10-7-17(13-31(20)21)22-29-30-23(33-22)34-14-15-3-2-4-18(11-15)24(25,26)27/h2-13H,14H2,1H3. The van der Waals surface area contributed by atoms with Gasteiger partial charge in [0.15, 0.2) is 0 Å². The minimum absolute atomic E-state index is 0.272. The summed E-state index contributed by atoms with van der Waals surface area (Å²) in [7, 11) is 1.62. The van der Waals surface area contributed by atoms with Crippen LogP contribution in [0, 0.1) is 0 Å². The van der Waals surface area contributed by atoms with E-state index in [1.807, 2.05) is 47.0 Å². The van der Waals surface area contributed by atoms with E-state index in [-0.39, 0.29) is 11.0 Å². The average Bonchev–Trinajstić information content (AvgIpc) is 3.49. The van der Waals surface area contributed by atoms with Gasteiger partial charge in [-0.25, -0.2) is 4.98 Å². The average molecular weight is 482 g/mol. The van der Waals surface area contributed by atoms with Gasteiger partial charge in [-0.15, -0.1) is 10.2 Å². The van der Waals surface area contributed by atoms with E-state index in [1.165, 1.54) is 17.8 Å². The summed E-state index contributed by atoms with van der Waals surface area (Å²) in [5, 5.41) is 8.41. The Bertz CT molecular complexity index is 1440. The Hall–Kier alpha value is -3.79. The number of thioether (sulfide) groups is 1. The van der Waals surface area contributed by atoms with E-state index in [4.69, 9.17) is 9.15 Å². The molecule has 0 fully saturated rings. The summed E-state index contributed by atoms with van der Waals surface area (Å²) < 4.78 is 51.7. The highest BCUT2D eigenvalue weighted by Gasteiger charge is 2.30. The largest absolute Gasteiger partial charge is 0.497 e. The smallest absolute Gasteiger partial charge is 0.416 e. The molecular formula is C24H17F3N4O2S. The fraction of sp³-hybridized carbons (Fsp3) is 0.125. The lowest BCUT2D eigenvalue weighted by Gasteiger charge is -2.07. The third kappa shape index (κ3) is 4.49. The Morgan fingerprint density at radius 2 is 1.79 bits per heavy atom. The second-order valence-corrected chi connectivity index (χ2v) is 8.30. The van der Waals surface area contributed by atoms with Gasteiger partial charge in [-0.05, 0) is 48.0 Å². The second-order valence-electron chi connectivity index (χ2n) is 7.38. The monoisotopic (exact) mass is 482 g/mol. The summed E-state index contributed by atoms with van der Waals surface area (Å²) in [6.45, 7) is 0. The van der Waals surface area contributed by atoms with Crippen LogP contribution in [-0.2, 0) is 11.9 Å². The van der Waals surface area contributed by atoms with Gasteiger partial charge in [0.1, 0.15) is 11.4 Å². The molecule has 172 valence electrons. The van der Waals surface area contributed by atoms with Crippen LogP contribution in [0.15, 0.2) is 82.7 Å². The Kier molecular flexibility index (Phi) is 5.74. The van der Waals surface area contributed by atoms with E-state index in [0.29, 0.717) is 17.0 Å². The minimum atomic E-state index is -4.38. The highest BCUT2D eigenvalue weighted by Crippen LogP contribution is 2.32. The molecule has 5 rings (SSSR count). The van der Waals surface area contributed by atoms with Crippen molar-refractivity contribution < 1.29 is 22.3 Å². The predicted octanol–water partition coefficient (Wildman–Crippen LogP) is 6.37. The molecule has 0 saturated heterocycles. The number of hydrogen-bond acceptors (Lipinski definition) is 6. The molecule has 5 aromatic rings. The molecule has 0 bridgehead atoms. The number of halogens is 3. The van der Waals surface area contributed by atoms with E-state index >= 15 is 0 Å². The first-order chi connectivity index (χ1) is 16.4. The third-order valence-corrected chi connectivity index (χ3v) is 6.05. The van der Waals surface area contributed by atoms with Crippen molar-refractivity contribution in [2.45, 2.75) is 17.2 Å². The normalized spacial score (nSPS) is 11.8. The number of aromatic nitrogens is 4. The van der Waals surface area contributed by atoms with Crippen LogP contribution in [0.1, 0.15) is 11.1 Å². The predicted molar refractivity (Wildman–Crippen MR) is 121 cm³/mol. The van der Waals surface area contributed by atoms with Crippen molar-refractivity contribution in [3.05, 3.63) is 84.2 Å². The van der Waals surface area contributed by atoms with Crippen molar-refractivity contribution in [2.75, 3.05) is 7.11 Å². The minimum Gasteiger partial charge on any atom is -0.497 e. The molecule has 3 heterocycles. The first-order valence-electron chi connectivity index (χ1n) is 10.1. The van der Waals surface area contributed by atoms with E-state index in [1.54, 1.807) is 19.4 Å². The van der Waals surface area contributed by atoms with E-state index in [0.717, 1.165) is 34.8 Å². The maximum Gasteiger partial charge on any atom is 0.416 e. The molecule has 6 nitrogen and oxygen atoms in total. The summed E-state index contributed by atoms with van der Waals surface area (Å²) in [5.41, 5.74) is 3.14.